The van der Waals surface area contributed by atoms with Crippen LogP contribution in [-0.4, -0.2) is 26.0 Å². The molecule has 6 heteroatoms. The normalized spacial score (nSPS) is 12.2. The summed E-state index contributed by atoms with van der Waals surface area (Å²) in [5.74, 6) is -1.31. The predicted octanol–water partition coefficient (Wildman–Crippen LogP) is 2.72. The van der Waals surface area contributed by atoms with E-state index in [1.807, 2.05) is 47.8 Å². The van der Waals surface area contributed by atoms with Gasteiger partial charge in [-0.25, -0.2) is 9.48 Å². The summed E-state index contributed by atoms with van der Waals surface area (Å²) in [6.45, 7) is 0. The van der Waals surface area contributed by atoms with Gasteiger partial charge in [-0.3, -0.25) is 0 Å². The Balaban J connectivity index is 2.15. The van der Waals surface area contributed by atoms with E-state index in [-0.39, 0.29) is 5.69 Å². The van der Waals surface area contributed by atoms with E-state index in [1.54, 1.807) is 10.7 Å². The average Bonchev–Trinajstić information content (AvgIpc) is 3.16. The van der Waals surface area contributed by atoms with Crippen molar-refractivity contribution in [2.75, 3.05) is 0 Å². The van der Waals surface area contributed by atoms with Crippen LogP contribution in [0.2, 0.25) is 0 Å². The molecule has 2 aromatic heterocycles. The Kier molecular flexibility index (Phi) is 3.55. The van der Waals surface area contributed by atoms with Crippen LogP contribution in [0.4, 0.5) is 0 Å². The minimum absolute atomic E-state index is 0.120. The van der Waals surface area contributed by atoms with Gasteiger partial charge in [-0.1, -0.05) is 24.3 Å². The van der Waals surface area contributed by atoms with Crippen LogP contribution in [0.5, 0.6) is 0 Å². The number of carboxylic acid groups (broad SMARTS) is 1. The number of benzene rings is 1. The second-order valence-corrected chi connectivity index (χ2v) is 5.37. The molecule has 21 heavy (non-hydrogen) atoms. The molecule has 0 saturated heterocycles. The first kappa shape index (κ1) is 13.5. The SMILES string of the molecule is O=C(O)C(O)c1cc(-c2cccs2)n(-c2ccccc2)n1. The average molecular weight is 300 g/mol. The molecule has 2 heterocycles. The number of aliphatic hydroxyl groups excluding tert-OH is 1. The molecule has 3 aromatic rings. The van der Waals surface area contributed by atoms with Crippen LogP contribution in [0.1, 0.15) is 11.8 Å². The zero-order valence-corrected chi connectivity index (χ0v) is 11.7. The molecule has 0 spiro atoms. The highest BCUT2D eigenvalue weighted by atomic mass is 32.1. The van der Waals surface area contributed by atoms with Crippen LogP contribution in [0.3, 0.4) is 0 Å². The first-order chi connectivity index (χ1) is 10.2. The van der Waals surface area contributed by atoms with Crippen molar-refractivity contribution in [2.24, 2.45) is 0 Å². The van der Waals surface area contributed by atoms with Gasteiger partial charge in [0, 0.05) is 0 Å². The zero-order chi connectivity index (χ0) is 14.8. The molecule has 0 amide bonds. The number of carboxylic acids is 1. The van der Waals surface area contributed by atoms with Gasteiger partial charge in [0.05, 0.1) is 16.3 Å². The maximum absolute atomic E-state index is 10.9. The van der Waals surface area contributed by atoms with E-state index in [0.29, 0.717) is 0 Å². The molecule has 3 rings (SSSR count). The topological polar surface area (TPSA) is 75.3 Å². The van der Waals surface area contributed by atoms with Gasteiger partial charge < -0.3 is 10.2 Å². The van der Waals surface area contributed by atoms with Crippen molar-refractivity contribution in [3.63, 3.8) is 0 Å². The molecule has 0 aliphatic heterocycles. The highest BCUT2D eigenvalue weighted by Gasteiger charge is 2.22. The minimum Gasteiger partial charge on any atom is -0.479 e. The van der Waals surface area contributed by atoms with Gasteiger partial charge in [0.25, 0.3) is 0 Å². The highest BCUT2D eigenvalue weighted by molar-refractivity contribution is 7.13. The second kappa shape index (κ2) is 5.51. The molecule has 0 aliphatic carbocycles. The number of thiophene rings is 1. The lowest BCUT2D eigenvalue weighted by atomic mass is 10.2. The van der Waals surface area contributed by atoms with Crippen LogP contribution >= 0.6 is 11.3 Å². The van der Waals surface area contributed by atoms with Crippen LogP contribution in [0.15, 0.2) is 53.9 Å². The van der Waals surface area contributed by atoms with E-state index in [9.17, 15) is 9.90 Å². The fourth-order valence-corrected chi connectivity index (χ4v) is 2.75. The number of nitrogens with zero attached hydrogens (tertiary/aromatic N) is 2. The maximum atomic E-state index is 10.9. The Labute approximate surface area is 124 Å². The number of hydrogen-bond donors (Lipinski definition) is 2. The van der Waals surface area contributed by atoms with Crippen molar-refractivity contribution in [1.29, 1.82) is 0 Å². The summed E-state index contributed by atoms with van der Waals surface area (Å²) in [5, 5.41) is 24.8. The molecule has 0 bridgehead atoms. The van der Waals surface area contributed by atoms with E-state index >= 15 is 0 Å². The van der Waals surface area contributed by atoms with Gasteiger partial charge in [0.1, 0.15) is 5.69 Å². The number of hydrogen-bond acceptors (Lipinski definition) is 4. The van der Waals surface area contributed by atoms with E-state index in [1.165, 1.54) is 11.3 Å². The molecule has 5 nitrogen and oxygen atoms in total. The summed E-state index contributed by atoms with van der Waals surface area (Å²) in [7, 11) is 0. The third-order valence-electron chi connectivity index (χ3n) is 3.02. The zero-order valence-electron chi connectivity index (χ0n) is 10.9. The fourth-order valence-electron chi connectivity index (χ4n) is 2.03. The Morgan fingerprint density at radius 1 is 1.19 bits per heavy atom. The molecule has 0 saturated carbocycles. The summed E-state index contributed by atoms with van der Waals surface area (Å²) >= 11 is 1.53. The smallest absolute Gasteiger partial charge is 0.338 e. The molecule has 106 valence electrons. The number of carbonyl (C=O) groups is 1. The van der Waals surface area contributed by atoms with Crippen LogP contribution in [0, 0.1) is 0 Å². The van der Waals surface area contributed by atoms with Crippen molar-refractivity contribution < 1.29 is 15.0 Å². The monoisotopic (exact) mass is 300 g/mol. The predicted molar refractivity (Wildman–Crippen MR) is 79.5 cm³/mol. The lowest BCUT2D eigenvalue weighted by Crippen LogP contribution is -2.11. The Bertz CT molecular complexity index is 751. The first-order valence-electron chi connectivity index (χ1n) is 6.27. The maximum Gasteiger partial charge on any atom is 0.338 e. The van der Waals surface area contributed by atoms with Crippen molar-refractivity contribution in [1.82, 2.24) is 9.78 Å². The summed E-state index contributed by atoms with van der Waals surface area (Å²) in [5.41, 5.74) is 1.69. The molecule has 0 aliphatic rings. The van der Waals surface area contributed by atoms with Crippen molar-refractivity contribution in [3.05, 3.63) is 59.6 Å². The quantitative estimate of drug-likeness (QED) is 0.777. The van der Waals surface area contributed by atoms with Gasteiger partial charge in [-0.15, -0.1) is 11.3 Å². The fraction of sp³-hybridized carbons (Fsp3) is 0.0667. The van der Waals surface area contributed by atoms with E-state index in [0.717, 1.165) is 16.3 Å². The van der Waals surface area contributed by atoms with Crippen LogP contribution in [0.25, 0.3) is 16.3 Å². The van der Waals surface area contributed by atoms with Crippen LogP contribution < -0.4 is 0 Å². The largest absolute Gasteiger partial charge is 0.479 e. The molecular formula is C15H12N2O3S. The van der Waals surface area contributed by atoms with Gasteiger partial charge in [-0.2, -0.15) is 5.10 Å². The van der Waals surface area contributed by atoms with Crippen molar-refractivity contribution >= 4 is 17.3 Å². The summed E-state index contributed by atoms with van der Waals surface area (Å²) in [4.78, 5) is 11.9. The molecule has 0 fully saturated rings. The summed E-state index contributed by atoms with van der Waals surface area (Å²) < 4.78 is 1.65. The Hall–Kier alpha value is -2.44. The number of para-hydroxylation sites is 1. The van der Waals surface area contributed by atoms with Crippen LogP contribution in [-0.2, 0) is 4.79 Å². The standard InChI is InChI=1S/C15H12N2O3S/c18-14(15(19)20)11-9-12(13-7-4-8-21-13)17(16-11)10-5-2-1-3-6-10/h1-9,14,18H,(H,19,20). The molecular weight excluding hydrogens is 288 g/mol. The number of aromatic nitrogens is 2. The molecule has 1 atom stereocenters. The number of aliphatic hydroxyl groups is 1. The summed E-state index contributed by atoms with van der Waals surface area (Å²) in [6.07, 6.45) is -1.63. The lowest BCUT2D eigenvalue weighted by molar-refractivity contribution is -0.147. The van der Waals surface area contributed by atoms with E-state index in [4.69, 9.17) is 5.11 Å². The number of rotatable bonds is 4. The second-order valence-electron chi connectivity index (χ2n) is 4.42. The minimum atomic E-state index is -1.63. The third kappa shape index (κ3) is 2.58. The Morgan fingerprint density at radius 2 is 1.95 bits per heavy atom. The molecule has 1 unspecified atom stereocenters. The van der Waals surface area contributed by atoms with Gasteiger partial charge >= 0.3 is 5.97 Å². The Morgan fingerprint density at radius 3 is 2.57 bits per heavy atom. The summed E-state index contributed by atoms with van der Waals surface area (Å²) in [6, 6.07) is 14.9. The lowest BCUT2D eigenvalue weighted by Gasteiger charge is -2.05. The van der Waals surface area contributed by atoms with Crippen molar-refractivity contribution in [2.45, 2.75) is 6.10 Å². The van der Waals surface area contributed by atoms with E-state index < -0.39 is 12.1 Å². The van der Waals surface area contributed by atoms with Gasteiger partial charge in [-0.05, 0) is 29.6 Å². The first-order valence-corrected chi connectivity index (χ1v) is 7.15. The molecule has 1 aromatic carbocycles. The van der Waals surface area contributed by atoms with Gasteiger partial charge in [0.15, 0.2) is 6.10 Å². The molecule has 0 radical (unpaired) electrons. The van der Waals surface area contributed by atoms with Crippen molar-refractivity contribution in [3.8, 4) is 16.3 Å². The van der Waals surface area contributed by atoms with E-state index in [2.05, 4.69) is 5.10 Å². The number of aliphatic carboxylic acids is 1. The third-order valence-corrected chi connectivity index (χ3v) is 3.91. The highest BCUT2D eigenvalue weighted by Crippen LogP contribution is 2.29. The van der Waals surface area contributed by atoms with Gasteiger partial charge in [0.2, 0.25) is 0 Å². The molecule has 2 N–H and O–H groups in total.